The van der Waals surface area contributed by atoms with E-state index >= 15 is 0 Å². The molecule has 1 aromatic heterocycles. The Balaban J connectivity index is 1.45. The number of ether oxygens (including phenoxy) is 2. The highest BCUT2D eigenvalue weighted by molar-refractivity contribution is 6.30. The summed E-state index contributed by atoms with van der Waals surface area (Å²) in [6.45, 7) is 2.61. The SMILES string of the molecule is Nc1nc2cc(NC3COC3)ccc2n1CCOc1ccc(Cl)cc1. The molecule has 0 saturated carbocycles. The lowest BCUT2D eigenvalue weighted by molar-refractivity contribution is 0.0211. The third-order valence-corrected chi connectivity index (χ3v) is 4.44. The number of halogens is 1. The van der Waals surface area contributed by atoms with Gasteiger partial charge in [-0.15, -0.1) is 0 Å². The first-order valence-corrected chi connectivity index (χ1v) is 8.55. The number of nitrogen functional groups attached to an aromatic ring is 1. The number of benzene rings is 2. The molecule has 7 heteroatoms. The van der Waals surface area contributed by atoms with Gasteiger partial charge in [-0.1, -0.05) is 11.6 Å². The number of imidazole rings is 1. The zero-order valence-corrected chi connectivity index (χ0v) is 14.4. The predicted octanol–water partition coefficient (Wildman–Crippen LogP) is 3.16. The fourth-order valence-corrected chi connectivity index (χ4v) is 2.94. The number of hydrogen-bond donors (Lipinski definition) is 2. The highest BCUT2D eigenvalue weighted by atomic mass is 35.5. The molecule has 1 saturated heterocycles. The van der Waals surface area contributed by atoms with Crippen molar-refractivity contribution in [1.29, 1.82) is 0 Å². The molecule has 3 aromatic rings. The number of nitrogens with zero attached hydrogens (tertiary/aromatic N) is 2. The molecule has 0 bridgehead atoms. The van der Waals surface area contributed by atoms with Gasteiger partial charge in [-0.05, 0) is 42.5 Å². The number of nitrogens with one attached hydrogen (secondary N) is 1. The second-order valence-electron chi connectivity index (χ2n) is 6.01. The van der Waals surface area contributed by atoms with Crippen LogP contribution in [0.25, 0.3) is 11.0 Å². The fraction of sp³-hybridized carbons (Fsp3) is 0.278. The summed E-state index contributed by atoms with van der Waals surface area (Å²) in [7, 11) is 0. The van der Waals surface area contributed by atoms with Gasteiger partial charge in [-0.25, -0.2) is 4.98 Å². The van der Waals surface area contributed by atoms with Crippen LogP contribution >= 0.6 is 11.6 Å². The van der Waals surface area contributed by atoms with Crippen molar-refractivity contribution in [2.45, 2.75) is 12.6 Å². The van der Waals surface area contributed by atoms with Gasteiger partial charge in [0.25, 0.3) is 0 Å². The monoisotopic (exact) mass is 358 g/mol. The quantitative estimate of drug-likeness (QED) is 0.708. The Bertz CT molecular complexity index is 875. The van der Waals surface area contributed by atoms with Gasteiger partial charge in [0.05, 0.1) is 36.8 Å². The second-order valence-corrected chi connectivity index (χ2v) is 6.44. The smallest absolute Gasteiger partial charge is 0.201 e. The van der Waals surface area contributed by atoms with Crippen LogP contribution in [0.4, 0.5) is 11.6 Å². The molecule has 0 aliphatic carbocycles. The van der Waals surface area contributed by atoms with Crippen molar-refractivity contribution < 1.29 is 9.47 Å². The molecule has 3 N–H and O–H groups in total. The molecule has 25 heavy (non-hydrogen) atoms. The molecule has 0 radical (unpaired) electrons. The fourth-order valence-electron chi connectivity index (χ4n) is 2.81. The average Bonchev–Trinajstić information content (AvgIpc) is 2.88. The Morgan fingerprint density at radius 3 is 2.76 bits per heavy atom. The first-order valence-electron chi connectivity index (χ1n) is 8.17. The Morgan fingerprint density at radius 2 is 2.04 bits per heavy atom. The van der Waals surface area contributed by atoms with Crippen LogP contribution in [0.3, 0.4) is 0 Å². The van der Waals surface area contributed by atoms with Crippen LogP contribution in [-0.4, -0.2) is 35.4 Å². The Kier molecular flexibility index (Phi) is 4.38. The van der Waals surface area contributed by atoms with Gasteiger partial charge in [0.2, 0.25) is 5.95 Å². The molecule has 1 fully saturated rings. The van der Waals surface area contributed by atoms with Gasteiger partial charge in [-0.3, -0.25) is 0 Å². The zero-order chi connectivity index (χ0) is 17.2. The molecule has 0 amide bonds. The van der Waals surface area contributed by atoms with E-state index in [0.717, 1.165) is 35.7 Å². The van der Waals surface area contributed by atoms with E-state index in [2.05, 4.69) is 10.3 Å². The third kappa shape index (κ3) is 3.50. The lowest BCUT2D eigenvalue weighted by Gasteiger charge is -2.27. The normalized spacial score (nSPS) is 14.4. The summed E-state index contributed by atoms with van der Waals surface area (Å²) in [4.78, 5) is 4.46. The highest BCUT2D eigenvalue weighted by Crippen LogP contribution is 2.23. The largest absolute Gasteiger partial charge is 0.492 e. The predicted molar refractivity (Wildman–Crippen MR) is 99.3 cm³/mol. The summed E-state index contributed by atoms with van der Waals surface area (Å²) in [5.41, 5.74) is 8.97. The van der Waals surface area contributed by atoms with E-state index < -0.39 is 0 Å². The minimum atomic E-state index is 0.379. The summed E-state index contributed by atoms with van der Waals surface area (Å²) < 4.78 is 12.9. The van der Waals surface area contributed by atoms with Gasteiger partial charge >= 0.3 is 0 Å². The maximum atomic E-state index is 6.08. The van der Waals surface area contributed by atoms with Crippen molar-refractivity contribution in [3.63, 3.8) is 0 Å². The van der Waals surface area contributed by atoms with Crippen LogP contribution in [0.1, 0.15) is 0 Å². The number of anilines is 2. The summed E-state index contributed by atoms with van der Waals surface area (Å²) >= 11 is 5.87. The maximum absolute atomic E-state index is 6.08. The van der Waals surface area contributed by atoms with Crippen LogP contribution in [0, 0.1) is 0 Å². The van der Waals surface area contributed by atoms with Crippen molar-refractivity contribution in [2.75, 3.05) is 30.9 Å². The van der Waals surface area contributed by atoms with Crippen LogP contribution < -0.4 is 15.8 Å². The third-order valence-electron chi connectivity index (χ3n) is 4.18. The lowest BCUT2D eigenvalue weighted by Crippen LogP contribution is -2.40. The highest BCUT2D eigenvalue weighted by Gasteiger charge is 2.18. The second kappa shape index (κ2) is 6.82. The molecular formula is C18H19ClN4O2. The number of rotatable bonds is 6. The van der Waals surface area contributed by atoms with E-state index in [1.54, 1.807) is 12.1 Å². The van der Waals surface area contributed by atoms with Gasteiger partial charge in [-0.2, -0.15) is 0 Å². The van der Waals surface area contributed by atoms with Crippen molar-refractivity contribution in [3.8, 4) is 5.75 Å². The molecule has 1 aliphatic heterocycles. The summed E-state index contributed by atoms with van der Waals surface area (Å²) in [5.74, 6) is 1.26. The molecule has 1 aliphatic rings. The Hall–Kier alpha value is -2.44. The van der Waals surface area contributed by atoms with Crippen molar-refractivity contribution in [2.24, 2.45) is 0 Å². The molecular weight excluding hydrogens is 340 g/mol. The van der Waals surface area contributed by atoms with Crippen LogP contribution in [-0.2, 0) is 11.3 Å². The van der Waals surface area contributed by atoms with E-state index in [9.17, 15) is 0 Å². The molecule has 2 heterocycles. The van der Waals surface area contributed by atoms with Gasteiger partial charge in [0, 0.05) is 10.7 Å². The topological polar surface area (TPSA) is 74.3 Å². The minimum Gasteiger partial charge on any atom is -0.492 e. The summed E-state index contributed by atoms with van der Waals surface area (Å²) in [6.07, 6.45) is 0. The molecule has 4 rings (SSSR count). The maximum Gasteiger partial charge on any atom is 0.201 e. The molecule has 6 nitrogen and oxygen atoms in total. The number of hydrogen-bond acceptors (Lipinski definition) is 5. The Labute approximate surface area is 150 Å². The summed E-state index contributed by atoms with van der Waals surface area (Å²) in [6, 6.07) is 13.8. The van der Waals surface area contributed by atoms with E-state index in [-0.39, 0.29) is 0 Å². The first kappa shape index (κ1) is 16.1. The van der Waals surface area contributed by atoms with Crippen molar-refractivity contribution in [1.82, 2.24) is 9.55 Å². The molecule has 0 unspecified atom stereocenters. The molecule has 0 spiro atoms. The molecule has 0 atom stereocenters. The van der Waals surface area contributed by atoms with Gasteiger partial charge in [0.1, 0.15) is 12.4 Å². The number of aromatic nitrogens is 2. The standard InChI is InChI=1S/C18H19ClN4O2/c19-12-1-4-15(5-2-12)25-8-7-23-17-6-3-13(21-14-10-24-11-14)9-16(17)22-18(23)20/h1-6,9,14,21H,7-8,10-11H2,(H2,20,22). The first-order chi connectivity index (χ1) is 12.2. The van der Waals surface area contributed by atoms with E-state index in [1.165, 1.54) is 0 Å². The van der Waals surface area contributed by atoms with E-state index in [4.69, 9.17) is 26.8 Å². The van der Waals surface area contributed by atoms with Crippen molar-refractivity contribution in [3.05, 3.63) is 47.5 Å². The van der Waals surface area contributed by atoms with Gasteiger partial charge < -0.3 is 25.1 Å². The minimum absolute atomic E-state index is 0.379. The lowest BCUT2D eigenvalue weighted by atomic mass is 10.2. The molecule has 130 valence electrons. The van der Waals surface area contributed by atoms with E-state index in [1.807, 2.05) is 34.9 Å². The van der Waals surface area contributed by atoms with Crippen molar-refractivity contribution >= 4 is 34.3 Å². The summed E-state index contributed by atoms with van der Waals surface area (Å²) in [5, 5.41) is 4.11. The number of fused-ring (bicyclic) bond motifs is 1. The van der Waals surface area contributed by atoms with Crippen LogP contribution in [0.15, 0.2) is 42.5 Å². The van der Waals surface area contributed by atoms with Gasteiger partial charge in [0.15, 0.2) is 0 Å². The average molecular weight is 359 g/mol. The van der Waals surface area contributed by atoms with Crippen LogP contribution in [0.2, 0.25) is 5.02 Å². The Morgan fingerprint density at radius 1 is 1.24 bits per heavy atom. The van der Waals surface area contributed by atoms with Crippen LogP contribution in [0.5, 0.6) is 5.75 Å². The zero-order valence-electron chi connectivity index (χ0n) is 13.6. The molecule has 2 aromatic carbocycles. The number of nitrogens with two attached hydrogens (primary N) is 1. The van der Waals surface area contributed by atoms with E-state index in [0.29, 0.717) is 30.2 Å².